The molecule has 0 saturated carbocycles. The van der Waals surface area contributed by atoms with Crippen LogP contribution in [0.1, 0.15) is 24.5 Å². The van der Waals surface area contributed by atoms with Crippen LogP contribution in [0.2, 0.25) is 0 Å². The van der Waals surface area contributed by atoms with E-state index in [1.54, 1.807) is 25.4 Å². The molecule has 0 spiro atoms. The van der Waals surface area contributed by atoms with Crippen molar-refractivity contribution in [2.45, 2.75) is 31.6 Å². The second kappa shape index (κ2) is 9.08. The van der Waals surface area contributed by atoms with Gasteiger partial charge in [0, 0.05) is 44.4 Å². The zero-order chi connectivity index (χ0) is 23.6. The van der Waals surface area contributed by atoms with Crippen LogP contribution in [0.3, 0.4) is 0 Å². The van der Waals surface area contributed by atoms with Crippen LogP contribution in [0.25, 0.3) is 5.82 Å². The molecular formula is C21H23N7O4S. The largest absolute Gasteiger partial charge is 0.369 e. The highest BCUT2D eigenvalue weighted by atomic mass is 32.2. The first-order valence-electron chi connectivity index (χ1n) is 10.3. The lowest BCUT2D eigenvalue weighted by atomic mass is 10.3. The summed E-state index contributed by atoms with van der Waals surface area (Å²) in [7, 11) is -3.76. The third-order valence-corrected chi connectivity index (χ3v) is 6.55. The van der Waals surface area contributed by atoms with Gasteiger partial charge in [-0.15, -0.1) is 0 Å². The van der Waals surface area contributed by atoms with Crippen molar-refractivity contribution >= 4 is 33.3 Å². The molecule has 2 amide bonds. The van der Waals surface area contributed by atoms with Gasteiger partial charge < -0.3 is 5.32 Å². The smallest absolute Gasteiger partial charge is 0.240 e. The van der Waals surface area contributed by atoms with Crippen molar-refractivity contribution in [2.75, 3.05) is 23.3 Å². The zero-order valence-electron chi connectivity index (χ0n) is 18.1. The highest BCUT2D eigenvalue weighted by Gasteiger charge is 2.30. The lowest BCUT2D eigenvalue weighted by Crippen LogP contribution is -2.30. The highest BCUT2D eigenvalue weighted by molar-refractivity contribution is 7.89. The van der Waals surface area contributed by atoms with Crippen LogP contribution in [0.5, 0.6) is 0 Å². The number of nitrogens with zero attached hydrogens (tertiary/aromatic N) is 5. The number of aromatic nitrogens is 4. The molecule has 1 fully saturated rings. The van der Waals surface area contributed by atoms with E-state index >= 15 is 0 Å². The number of carbonyl (C=O) groups excluding carboxylic acids is 2. The highest BCUT2D eigenvalue weighted by Crippen LogP contribution is 2.24. The Morgan fingerprint density at radius 2 is 1.70 bits per heavy atom. The molecule has 172 valence electrons. The Morgan fingerprint density at radius 3 is 2.33 bits per heavy atom. The number of aryl methyl sites for hydroxylation is 2. The SMILES string of the molecule is Cc1nc(NCCNS(=O)(=O)c2ccc(N3C(=O)CCC3=O)cc2)cc(-n2ccnc2C)n1. The first kappa shape index (κ1) is 22.6. The molecule has 11 nitrogen and oxygen atoms in total. The van der Waals surface area contributed by atoms with Gasteiger partial charge in [0.1, 0.15) is 23.3 Å². The van der Waals surface area contributed by atoms with E-state index in [0.29, 0.717) is 29.7 Å². The number of hydrogen-bond donors (Lipinski definition) is 2. The average Bonchev–Trinajstić information content (AvgIpc) is 3.35. The third kappa shape index (κ3) is 4.91. The molecule has 2 N–H and O–H groups in total. The first-order valence-corrected chi connectivity index (χ1v) is 11.8. The van der Waals surface area contributed by atoms with Gasteiger partial charge in [0.15, 0.2) is 0 Å². The number of sulfonamides is 1. The second-order valence-electron chi connectivity index (χ2n) is 7.44. The quantitative estimate of drug-likeness (QED) is 0.372. The zero-order valence-corrected chi connectivity index (χ0v) is 19.0. The van der Waals surface area contributed by atoms with Crippen molar-refractivity contribution in [3.05, 3.63) is 54.4 Å². The van der Waals surface area contributed by atoms with Gasteiger partial charge >= 0.3 is 0 Å². The van der Waals surface area contributed by atoms with Crippen LogP contribution >= 0.6 is 0 Å². The molecule has 1 aromatic carbocycles. The lowest BCUT2D eigenvalue weighted by molar-refractivity contribution is -0.121. The molecule has 0 unspecified atom stereocenters. The molecule has 0 bridgehead atoms. The van der Waals surface area contributed by atoms with E-state index in [-0.39, 0.29) is 36.1 Å². The molecule has 3 heterocycles. The summed E-state index contributed by atoms with van der Waals surface area (Å²) in [6.45, 7) is 4.06. The third-order valence-electron chi connectivity index (χ3n) is 5.08. The van der Waals surface area contributed by atoms with Gasteiger partial charge in [0.2, 0.25) is 21.8 Å². The Labute approximate surface area is 190 Å². The fourth-order valence-corrected chi connectivity index (χ4v) is 4.52. The number of anilines is 2. The summed E-state index contributed by atoms with van der Waals surface area (Å²) < 4.78 is 29.5. The molecule has 4 rings (SSSR count). The molecule has 0 aliphatic carbocycles. The van der Waals surface area contributed by atoms with Gasteiger partial charge in [-0.3, -0.25) is 19.1 Å². The molecule has 1 aliphatic heterocycles. The first-order chi connectivity index (χ1) is 15.7. The van der Waals surface area contributed by atoms with Crippen LogP contribution in [0.15, 0.2) is 47.6 Å². The maximum Gasteiger partial charge on any atom is 0.240 e. The van der Waals surface area contributed by atoms with E-state index in [0.717, 1.165) is 10.7 Å². The molecule has 1 saturated heterocycles. The monoisotopic (exact) mass is 469 g/mol. The Hall–Kier alpha value is -3.64. The number of imide groups is 1. The Balaban J connectivity index is 1.36. The van der Waals surface area contributed by atoms with Crippen molar-refractivity contribution in [3.63, 3.8) is 0 Å². The summed E-state index contributed by atoms with van der Waals surface area (Å²) >= 11 is 0. The molecule has 2 aromatic heterocycles. The number of imidazole rings is 1. The fraction of sp³-hybridized carbons (Fsp3) is 0.286. The summed E-state index contributed by atoms with van der Waals surface area (Å²) in [5.41, 5.74) is 0.367. The van der Waals surface area contributed by atoms with E-state index < -0.39 is 10.0 Å². The van der Waals surface area contributed by atoms with Crippen molar-refractivity contribution < 1.29 is 18.0 Å². The second-order valence-corrected chi connectivity index (χ2v) is 9.21. The molecular weight excluding hydrogens is 446 g/mol. The predicted octanol–water partition coefficient (Wildman–Crippen LogP) is 1.32. The number of nitrogens with one attached hydrogen (secondary N) is 2. The summed E-state index contributed by atoms with van der Waals surface area (Å²) in [6, 6.07) is 7.42. The van der Waals surface area contributed by atoms with Gasteiger partial charge in [-0.25, -0.2) is 28.1 Å². The Bertz CT molecular complexity index is 1290. The van der Waals surface area contributed by atoms with Crippen molar-refractivity contribution in [2.24, 2.45) is 0 Å². The van der Waals surface area contributed by atoms with Gasteiger partial charge in [-0.1, -0.05) is 0 Å². The Morgan fingerprint density at radius 1 is 1.00 bits per heavy atom. The normalized spacial score (nSPS) is 14.2. The van der Waals surface area contributed by atoms with Gasteiger partial charge in [0.25, 0.3) is 0 Å². The summed E-state index contributed by atoms with van der Waals surface area (Å²) in [4.78, 5) is 37.7. The van der Waals surface area contributed by atoms with Crippen LogP contribution in [-0.4, -0.2) is 52.8 Å². The average molecular weight is 470 g/mol. The molecule has 3 aromatic rings. The molecule has 33 heavy (non-hydrogen) atoms. The topological polar surface area (TPSA) is 139 Å². The molecule has 1 aliphatic rings. The van der Waals surface area contributed by atoms with Gasteiger partial charge in [-0.2, -0.15) is 0 Å². The van der Waals surface area contributed by atoms with E-state index in [1.165, 1.54) is 24.3 Å². The fourth-order valence-electron chi connectivity index (χ4n) is 3.48. The van der Waals surface area contributed by atoms with Crippen LogP contribution in [-0.2, 0) is 19.6 Å². The van der Waals surface area contributed by atoms with E-state index in [2.05, 4.69) is 25.0 Å². The lowest BCUT2D eigenvalue weighted by Gasteiger charge is -2.14. The standard InChI is InChI=1S/C21H23N7O4S/c1-14-25-18(13-19(26-14)27-12-11-22-15(27)2)23-9-10-24-33(31,32)17-5-3-16(4-6-17)28-20(29)7-8-21(28)30/h3-6,11-13,24H,7-10H2,1-2H3,(H,23,25,26). The molecule has 12 heteroatoms. The minimum absolute atomic E-state index is 0.0427. The maximum atomic E-state index is 12.6. The number of rotatable bonds is 8. The van der Waals surface area contributed by atoms with Crippen molar-refractivity contribution in [3.8, 4) is 5.82 Å². The maximum absolute atomic E-state index is 12.6. The number of carbonyl (C=O) groups is 2. The van der Waals surface area contributed by atoms with E-state index in [4.69, 9.17) is 0 Å². The summed E-state index contributed by atoms with van der Waals surface area (Å²) in [5, 5.41) is 3.09. The minimum atomic E-state index is -3.76. The summed E-state index contributed by atoms with van der Waals surface area (Å²) in [6.07, 6.45) is 3.82. The van der Waals surface area contributed by atoms with E-state index in [1.807, 2.05) is 11.5 Å². The Kier molecular flexibility index (Phi) is 6.20. The number of benzene rings is 1. The number of amides is 2. The van der Waals surface area contributed by atoms with Gasteiger partial charge in [0.05, 0.1) is 10.6 Å². The minimum Gasteiger partial charge on any atom is -0.369 e. The van der Waals surface area contributed by atoms with Gasteiger partial charge in [-0.05, 0) is 38.1 Å². The van der Waals surface area contributed by atoms with E-state index in [9.17, 15) is 18.0 Å². The van der Waals surface area contributed by atoms with Crippen molar-refractivity contribution in [1.29, 1.82) is 0 Å². The predicted molar refractivity (Wildman–Crippen MR) is 120 cm³/mol. The molecule has 0 radical (unpaired) electrons. The van der Waals surface area contributed by atoms with Crippen molar-refractivity contribution in [1.82, 2.24) is 24.2 Å². The number of hydrogen-bond acceptors (Lipinski definition) is 8. The van der Waals surface area contributed by atoms with Crippen LogP contribution < -0.4 is 14.9 Å². The summed E-state index contributed by atoms with van der Waals surface area (Å²) in [5.74, 6) is 2.01. The molecule has 0 atom stereocenters. The van der Waals surface area contributed by atoms with Crippen LogP contribution in [0.4, 0.5) is 11.5 Å². The van der Waals surface area contributed by atoms with Crippen LogP contribution in [0, 0.1) is 13.8 Å².